The molecule has 4 N–H and O–H groups in total. The van der Waals surface area contributed by atoms with Crippen molar-refractivity contribution < 1.29 is 14.6 Å². The first kappa shape index (κ1) is 20.9. The zero-order chi connectivity index (χ0) is 19.9. The molecule has 0 spiro atoms. The van der Waals surface area contributed by atoms with Gasteiger partial charge in [-0.15, -0.1) is 0 Å². The van der Waals surface area contributed by atoms with Gasteiger partial charge in [-0.3, -0.25) is 9.89 Å². The lowest BCUT2D eigenvalue weighted by atomic mass is 10.1. The number of ether oxygens (including phenoxy) is 1. The van der Waals surface area contributed by atoms with E-state index in [-0.39, 0.29) is 18.1 Å². The minimum absolute atomic E-state index is 0.0252. The van der Waals surface area contributed by atoms with Crippen LogP contribution >= 0.6 is 0 Å². The van der Waals surface area contributed by atoms with Crippen LogP contribution < -0.4 is 15.4 Å². The summed E-state index contributed by atoms with van der Waals surface area (Å²) in [4.78, 5) is 11.9. The van der Waals surface area contributed by atoms with E-state index < -0.39 is 6.10 Å². The number of aliphatic hydroxyl groups excluding tert-OH is 1. The molecule has 0 saturated heterocycles. The molecule has 27 heavy (non-hydrogen) atoms. The van der Waals surface area contributed by atoms with Gasteiger partial charge in [0.25, 0.3) is 0 Å². The van der Waals surface area contributed by atoms with Crippen LogP contribution in [0.3, 0.4) is 0 Å². The van der Waals surface area contributed by atoms with Gasteiger partial charge in [0, 0.05) is 36.0 Å². The molecule has 1 heterocycles. The van der Waals surface area contributed by atoms with Crippen LogP contribution in [0.15, 0.2) is 30.5 Å². The minimum Gasteiger partial charge on any atom is -0.490 e. The zero-order valence-electron chi connectivity index (χ0n) is 16.5. The quantitative estimate of drug-likeness (QED) is 0.541. The van der Waals surface area contributed by atoms with Crippen LogP contribution in [0, 0.1) is 0 Å². The van der Waals surface area contributed by atoms with E-state index in [1.54, 1.807) is 18.3 Å². The van der Waals surface area contributed by atoms with Crippen LogP contribution in [-0.4, -0.2) is 46.0 Å². The van der Waals surface area contributed by atoms with Gasteiger partial charge in [-0.2, -0.15) is 5.10 Å². The Balaban J connectivity index is 2.09. The third kappa shape index (κ3) is 7.03. The molecule has 2 rings (SSSR count). The number of rotatable bonds is 9. The highest BCUT2D eigenvalue weighted by Gasteiger charge is 2.15. The topological polar surface area (TPSA) is 99.3 Å². The molecule has 0 aliphatic rings. The van der Waals surface area contributed by atoms with Gasteiger partial charge in [0.05, 0.1) is 5.69 Å². The number of carbonyl (C=O) groups excluding carboxylic acids is 1. The van der Waals surface area contributed by atoms with E-state index in [0.29, 0.717) is 30.1 Å². The number of aromatic nitrogens is 2. The summed E-state index contributed by atoms with van der Waals surface area (Å²) in [7, 11) is 0. The predicted molar refractivity (Wildman–Crippen MR) is 107 cm³/mol. The van der Waals surface area contributed by atoms with E-state index in [2.05, 4.69) is 20.8 Å². The molecular weight excluding hydrogens is 344 g/mol. The highest BCUT2D eigenvalue weighted by molar-refractivity contribution is 5.91. The molecule has 0 aliphatic heterocycles. The third-order valence-electron chi connectivity index (χ3n) is 3.82. The van der Waals surface area contributed by atoms with Gasteiger partial charge in [-0.1, -0.05) is 6.92 Å². The SMILES string of the molecule is CCCC(=O)Nc1ccc(OCC(O)CNC(C)(C)C)c(-c2cc[nH]n2)c1. The predicted octanol–water partition coefficient (Wildman–Crippen LogP) is 2.94. The molecule has 1 atom stereocenters. The number of carbonyl (C=O) groups is 1. The van der Waals surface area contributed by atoms with Crippen molar-refractivity contribution in [1.29, 1.82) is 0 Å². The molecule has 148 valence electrons. The van der Waals surface area contributed by atoms with Crippen LogP contribution in [0.1, 0.15) is 40.5 Å². The third-order valence-corrected chi connectivity index (χ3v) is 3.82. The summed E-state index contributed by atoms with van der Waals surface area (Å²) in [6, 6.07) is 7.24. The van der Waals surface area contributed by atoms with Crippen molar-refractivity contribution in [3.63, 3.8) is 0 Å². The second-order valence-electron chi connectivity index (χ2n) is 7.56. The lowest BCUT2D eigenvalue weighted by Gasteiger charge is -2.23. The number of benzene rings is 1. The second-order valence-corrected chi connectivity index (χ2v) is 7.56. The van der Waals surface area contributed by atoms with Crippen molar-refractivity contribution in [2.75, 3.05) is 18.5 Å². The number of hydrogen-bond acceptors (Lipinski definition) is 5. The second kappa shape index (κ2) is 9.53. The monoisotopic (exact) mass is 374 g/mol. The van der Waals surface area contributed by atoms with Gasteiger partial charge in [0.1, 0.15) is 18.5 Å². The maximum absolute atomic E-state index is 11.9. The smallest absolute Gasteiger partial charge is 0.224 e. The van der Waals surface area contributed by atoms with Crippen LogP contribution in [0.2, 0.25) is 0 Å². The van der Waals surface area contributed by atoms with Crippen molar-refractivity contribution in [2.24, 2.45) is 0 Å². The summed E-state index contributed by atoms with van der Waals surface area (Å²) >= 11 is 0. The van der Waals surface area contributed by atoms with Gasteiger partial charge in [-0.05, 0) is 51.5 Å². The van der Waals surface area contributed by atoms with Crippen LogP contribution in [0.5, 0.6) is 5.75 Å². The fourth-order valence-corrected chi connectivity index (χ4v) is 2.46. The summed E-state index contributed by atoms with van der Waals surface area (Å²) in [6.07, 6.45) is 2.35. The molecule has 1 unspecified atom stereocenters. The van der Waals surface area contributed by atoms with Crippen LogP contribution in [-0.2, 0) is 4.79 Å². The van der Waals surface area contributed by atoms with Gasteiger partial charge < -0.3 is 20.5 Å². The Morgan fingerprint density at radius 1 is 1.33 bits per heavy atom. The van der Waals surface area contributed by atoms with E-state index >= 15 is 0 Å². The average Bonchev–Trinajstić information content (AvgIpc) is 3.12. The average molecular weight is 374 g/mol. The summed E-state index contributed by atoms with van der Waals surface area (Å²) < 4.78 is 5.84. The molecule has 7 nitrogen and oxygen atoms in total. The number of amides is 1. The molecule has 2 aromatic rings. The molecular formula is C20H30N4O3. The van der Waals surface area contributed by atoms with Gasteiger partial charge >= 0.3 is 0 Å². The Kier molecular flexibility index (Phi) is 7.38. The normalized spacial score (nSPS) is 12.6. The maximum Gasteiger partial charge on any atom is 0.224 e. The Hall–Kier alpha value is -2.38. The Bertz CT molecular complexity index is 723. The largest absolute Gasteiger partial charge is 0.490 e. The molecule has 1 aromatic carbocycles. The van der Waals surface area contributed by atoms with E-state index in [9.17, 15) is 9.90 Å². The molecule has 0 aliphatic carbocycles. The zero-order valence-corrected chi connectivity index (χ0v) is 16.5. The van der Waals surface area contributed by atoms with E-state index in [0.717, 1.165) is 12.0 Å². The Morgan fingerprint density at radius 2 is 2.11 bits per heavy atom. The van der Waals surface area contributed by atoms with Crippen molar-refractivity contribution in [3.8, 4) is 17.0 Å². The number of nitrogens with zero attached hydrogens (tertiary/aromatic N) is 1. The summed E-state index contributed by atoms with van der Waals surface area (Å²) in [5.74, 6) is 0.577. The first-order valence-electron chi connectivity index (χ1n) is 9.28. The van der Waals surface area contributed by atoms with Gasteiger partial charge in [0.15, 0.2) is 0 Å². The van der Waals surface area contributed by atoms with E-state index in [4.69, 9.17) is 4.74 Å². The van der Waals surface area contributed by atoms with Crippen molar-refractivity contribution in [2.45, 2.75) is 52.2 Å². The first-order valence-corrected chi connectivity index (χ1v) is 9.28. The molecule has 0 fully saturated rings. The number of hydrogen-bond donors (Lipinski definition) is 4. The summed E-state index contributed by atoms with van der Waals surface area (Å²) in [6.45, 7) is 8.69. The van der Waals surface area contributed by atoms with E-state index in [1.165, 1.54) is 0 Å². The number of H-pyrrole nitrogens is 1. The molecule has 0 saturated carbocycles. The molecule has 7 heteroatoms. The lowest BCUT2D eigenvalue weighted by Crippen LogP contribution is -2.42. The maximum atomic E-state index is 11.9. The lowest BCUT2D eigenvalue weighted by molar-refractivity contribution is -0.116. The highest BCUT2D eigenvalue weighted by atomic mass is 16.5. The number of anilines is 1. The number of β-amino-alcohol motifs (C(OH)–C–C–N with tert-alkyl or cyclic N) is 1. The van der Waals surface area contributed by atoms with Gasteiger partial charge in [0.2, 0.25) is 5.91 Å². The van der Waals surface area contributed by atoms with E-state index in [1.807, 2.05) is 39.8 Å². The number of aromatic amines is 1. The van der Waals surface area contributed by atoms with Crippen molar-refractivity contribution >= 4 is 11.6 Å². The summed E-state index contributed by atoms with van der Waals surface area (Å²) in [5, 5.41) is 23.3. The summed E-state index contributed by atoms with van der Waals surface area (Å²) in [5.41, 5.74) is 2.08. The standard InChI is InChI=1S/C20H30N4O3/c1-5-6-19(26)23-14-7-8-18(16(11-14)17-9-10-22-24-17)27-13-15(25)12-21-20(2,3)4/h7-11,15,21,25H,5-6,12-13H2,1-4H3,(H,22,24)(H,23,26). The number of aliphatic hydroxyl groups is 1. The minimum atomic E-state index is -0.639. The Labute approximate surface area is 160 Å². The number of nitrogens with one attached hydrogen (secondary N) is 3. The van der Waals surface area contributed by atoms with Crippen LogP contribution in [0.4, 0.5) is 5.69 Å². The van der Waals surface area contributed by atoms with Crippen molar-refractivity contribution in [1.82, 2.24) is 15.5 Å². The van der Waals surface area contributed by atoms with Gasteiger partial charge in [-0.25, -0.2) is 0 Å². The molecule has 0 radical (unpaired) electrons. The molecule has 0 bridgehead atoms. The van der Waals surface area contributed by atoms with Crippen LogP contribution in [0.25, 0.3) is 11.3 Å². The fourth-order valence-electron chi connectivity index (χ4n) is 2.46. The first-order chi connectivity index (χ1) is 12.8. The Morgan fingerprint density at radius 3 is 2.74 bits per heavy atom. The molecule has 1 aromatic heterocycles. The highest BCUT2D eigenvalue weighted by Crippen LogP contribution is 2.31. The fraction of sp³-hybridized carbons (Fsp3) is 0.500. The molecule has 1 amide bonds. The van der Waals surface area contributed by atoms with Crippen molar-refractivity contribution in [3.05, 3.63) is 30.5 Å².